The molecule has 4 heteroatoms. The Morgan fingerprint density at radius 3 is 2.93 bits per heavy atom. The van der Waals surface area contributed by atoms with Gasteiger partial charge in [-0.2, -0.15) is 0 Å². The van der Waals surface area contributed by atoms with Crippen molar-refractivity contribution in [3.63, 3.8) is 0 Å². The minimum Gasteiger partial charge on any atom is -0.462 e. The molecule has 1 rings (SSSR count). The Labute approximate surface area is 83.9 Å². The van der Waals surface area contributed by atoms with Crippen molar-refractivity contribution >= 4 is 0 Å². The van der Waals surface area contributed by atoms with Crippen LogP contribution in [0.5, 0.6) is 0 Å². The maximum Gasteiger partial charge on any atom is 0.129 e. The van der Waals surface area contributed by atoms with Crippen LogP contribution in [0.2, 0.25) is 0 Å². The molecule has 0 fully saturated rings. The fourth-order valence-corrected chi connectivity index (χ4v) is 1.15. The van der Waals surface area contributed by atoms with Crippen molar-refractivity contribution in [1.29, 1.82) is 0 Å². The van der Waals surface area contributed by atoms with Gasteiger partial charge in [-0.05, 0) is 25.1 Å². The van der Waals surface area contributed by atoms with E-state index in [9.17, 15) is 0 Å². The van der Waals surface area contributed by atoms with Gasteiger partial charge in [0.05, 0.1) is 6.54 Å². The van der Waals surface area contributed by atoms with Gasteiger partial charge in [0.2, 0.25) is 0 Å². The summed E-state index contributed by atoms with van der Waals surface area (Å²) in [6.07, 6.45) is 0.769. The van der Waals surface area contributed by atoms with Crippen molar-refractivity contribution in [1.82, 2.24) is 5.32 Å². The lowest BCUT2D eigenvalue weighted by Gasteiger charge is -2.00. The van der Waals surface area contributed by atoms with Gasteiger partial charge in [0.15, 0.2) is 0 Å². The van der Waals surface area contributed by atoms with Gasteiger partial charge in [0.1, 0.15) is 18.1 Å². The molecule has 0 saturated carbocycles. The molecule has 0 bridgehead atoms. The van der Waals surface area contributed by atoms with Gasteiger partial charge in [-0.15, -0.1) is 0 Å². The lowest BCUT2D eigenvalue weighted by Crippen LogP contribution is -2.15. The van der Waals surface area contributed by atoms with E-state index in [-0.39, 0.29) is 6.61 Å². The molecule has 2 N–H and O–H groups in total. The second-order valence-electron chi connectivity index (χ2n) is 3.05. The zero-order chi connectivity index (χ0) is 10.2. The van der Waals surface area contributed by atoms with Crippen LogP contribution in [0.3, 0.4) is 0 Å². The van der Waals surface area contributed by atoms with E-state index < -0.39 is 0 Å². The zero-order valence-electron chi connectivity index (χ0n) is 8.45. The molecule has 0 spiro atoms. The molecule has 14 heavy (non-hydrogen) atoms. The van der Waals surface area contributed by atoms with Gasteiger partial charge in [0, 0.05) is 13.7 Å². The van der Waals surface area contributed by atoms with E-state index >= 15 is 0 Å². The van der Waals surface area contributed by atoms with Crippen molar-refractivity contribution in [2.75, 3.05) is 20.3 Å². The van der Waals surface area contributed by atoms with Crippen molar-refractivity contribution in [3.8, 4) is 0 Å². The van der Waals surface area contributed by atoms with E-state index in [4.69, 9.17) is 14.3 Å². The predicted molar refractivity (Wildman–Crippen MR) is 52.8 cm³/mol. The molecule has 0 aliphatic rings. The Morgan fingerprint density at radius 1 is 1.43 bits per heavy atom. The summed E-state index contributed by atoms with van der Waals surface area (Å²) in [5.74, 6) is 1.74. The summed E-state index contributed by atoms with van der Waals surface area (Å²) in [6, 6.07) is 3.84. The van der Waals surface area contributed by atoms with Crippen LogP contribution < -0.4 is 5.32 Å². The average molecular weight is 199 g/mol. The third kappa shape index (κ3) is 3.91. The fraction of sp³-hybridized carbons (Fsp3) is 0.600. The summed E-state index contributed by atoms with van der Waals surface area (Å²) < 4.78 is 10.4. The Morgan fingerprint density at radius 2 is 2.21 bits per heavy atom. The minimum absolute atomic E-state index is 0.222. The summed E-state index contributed by atoms with van der Waals surface area (Å²) in [6.45, 7) is 2.23. The van der Waals surface area contributed by atoms with Crippen LogP contribution in [0.15, 0.2) is 16.5 Å². The zero-order valence-corrected chi connectivity index (χ0v) is 8.45. The second kappa shape index (κ2) is 6.59. The third-order valence-electron chi connectivity index (χ3n) is 1.81. The molecule has 0 aliphatic carbocycles. The van der Waals surface area contributed by atoms with Gasteiger partial charge >= 0.3 is 0 Å². The Balaban J connectivity index is 2.22. The highest BCUT2D eigenvalue weighted by molar-refractivity contribution is 5.06. The summed E-state index contributed by atoms with van der Waals surface area (Å²) in [5.41, 5.74) is 0. The van der Waals surface area contributed by atoms with Gasteiger partial charge in [-0.25, -0.2) is 0 Å². The molecule has 0 aliphatic heterocycles. The van der Waals surface area contributed by atoms with Crippen LogP contribution in [-0.4, -0.2) is 25.4 Å². The van der Waals surface area contributed by atoms with Crippen LogP contribution in [0.25, 0.3) is 0 Å². The summed E-state index contributed by atoms with van der Waals surface area (Å²) in [5, 5.41) is 11.7. The molecule has 1 aromatic rings. The first-order valence-corrected chi connectivity index (χ1v) is 4.75. The van der Waals surface area contributed by atoms with Crippen molar-refractivity contribution in [2.24, 2.45) is 0 Å². The van der Waals surface area contributed by atoms with Crippen molar-refractivity contribution < 1.29 is 14.3 Å². The molecular weight excluding hydrogens is 182 g/mol. The largest absolute Gasteiger partial charge is 0.462 e. The quantitative estimate of drug-likeness (QED) is 0.640. The summed E-state index contributed by atoms with van der Waals surface area (Å²) in [7, 11) is 1.64. The molecule has 1 heterocycles. The van der Waals surface area contributed by atoms with Gasteiger partial charge in [0.25, 0.3) is 0 Å². The number of ether oxygens (including phenoxy) is 1. The standard InChI is InChI=1S/C10H17NO3/c1-13-8-10-4-3-9(14-10)7-11-5-2-6-12/h3-4,11-12H,2,5-8H2,1H3. The van der Waals surface area contributed by atoms with Crippen LogP contribution in [0.1, 0.15) is 17.9 Å². The van der Waals surface area contributed by atoms with E-state index in [0.717, 1.165) is 24.5 Å². The monoisotopic (exact) mass is 199 g/mol. The predicted octanol–water partition coefficient (Wildman–Crippen LogP) is 0.898. The molecule has 0 atom stereocenters. The maximum absolute atomic E-state index is 8.56. The van der Waals surface area contributed by atoms with E-state index in [2.05, 4.69) is 5.32 Å². The minimum atomic E-state index is 0.222. The number of hydrogen-bond acceptors (Lipinski definition) is 4. The maximum atomic E-state index is 8.56. The lowest BCUT2D eigenvalue weighted by molar-refractivity contribution is 0.162. The van der Waals surface area contributed by atoms with E-state index in [1.807, 2.05) is 12.1 Å². The average Bonchev–Trinajstić information content (AvgIpc) is 2.61. The molecule has 0 amide bonds. The fourth-order valence-electron chi connectivity index (χ4n) is 1.15. The highest BCUT2D eigenvalue weighted by Gasteiger charge is 2.00. The first-order valence-electron chi connectivity index (χ1n) is 4.75. The molecule has 4 nitrogen and oxygen atoms in total. The Kier molecular flexibility index (Phi) is 5.29. The SMILES string of the molecule is COCc1ccc(CNCCCO)o1. The topological polar surface area (TPSA) is 54.6 Å². The number of nitrogens with one attached hydrogen (secondary N) is 1. The van der Waals surface area contributed by atoms with Gasteiger partial charge in [-0.1, -0.05) is 0 Å². The highest BCUT2D eigenvalue weighted by atomic mass is 16.5. The number of aliphatic hydroxyl groups is 1. The van der Waals surface area contributed by atoms with Crippen molar-refractivity contribution in [3.05, 3.63) is 23.7 Å². The molecule has 0 unspecified atom stereocenters. The first-order chi connectivity index (χ1) is 6.86. The van der Waals surface area contributed by atoms with E-state index in [1.54, 1.807) is 7.11 Å². The molecule has 0 saturated heterocycles. The first kappa shape index (κ1) is 11.2. The summed E-state index contributed by atoms with van der Waals surface area (Å²) in [4.78, 5) is 0. The van der Waals surface area contributed by atoms with E-state index in [0.29, 0.717) is 13.2 Å². The van der Waals surface area contributed by atoms with Crippen LogP contribution in [0.4, 0.5) is 0 Å². The molecule has 80 valence electrons. The second-order valence-corrected chi connectivity index (χ2v) is 3.05. The lowest BCUT2D eigenvalue weighted by atomic mass is 10.4. The summed E-state index contributed by atoms with van der Waals surface area (Å²) >= 11 is 0. The number of methoxy groups -OCH3 is 1. The number of hydrogen-bond donors (Lipinski definition) is 2. The number of rotatable bonds is 7. The molecule has 0 radical (unpaired) electrons. The van der Waals surface area contributed by atoms with Crippen molar-refractivity contribution in [2.45, 2.75) is 19.6 Å². The van der Waals surface area contributed by atoms with Crippen LogP contribution in [0, 0.1) is 0 Å². The van der Waals surface area contributed by atoms with Crippen LogP contribution >= 0.6 is 0 Å². The molecular formula is C10H17NO3. The number of aliphatic hydroxyl groups excluding tert-OH is 1. The Bertz CT molecular complexity index is 247. The molecule has 1 aromatic heterocycles. The number of furan rings is 1. The normalized spacial score (nSPS) is 10.7. The Hall–Kier alpha value is -0.840. The van der Waals surface area contributed by atoms with Gasteiger partial charge in [-0.3, -0.25) is 0 Å². The smallest absolute Gasteiger partial charge is 0.129 e. The van der Waals surface area contributed by atoms with Gasteiger partial charge < -0.3 is 19.6 Å². The highest BCUT2D eigenvalue weighted by Crippen LogP contribution is 2.08. The third-order valence-corrected chi connectivity index (χ3v) is 1.81. The van der Waals surface area contributed by atoms with Crippen LogP contribution in [-0.2, 0) is 17.9 Å². The molecule has 0 aromatic carbocycles. The van der Waals surface area contributed by atoms with E-state index in [1.165, 1.54) is 0 Å².